The molecule has 0 unspecified atom stereocenters. The third-order valence-electron chi connectivity index (χ3n) is 2.24. The highest BCUT2D eigenvalue weighted by atomic mass is 19.3. The molecule has 16 heavy (non-hydrogen) atoms. The number of hydrogen-bond donors (Lipinski definition) is 0. The Morgan fingerprint density at radius 2 is 2.19 bits per heavy atom. The minimum Gasteiger partial charge on any atom is -0.469 e. The van der Waals surface area contributed by atoms with Crippen LogP contribution in [0.15, 0.2) is 6.20 Å². The molecule has 0 saturated heterocycles. The van der Waals surface area contributed by atoms with Crippen LogP contribution in [0.5, 0.6) is 0 Å². The zero-order valence-electron chi connectivity index (χ0n) is 8.76. The maximum Gasteiger partial charge on any atom is 0.310 e. The van der Waals surface area contributed by atoms with Gasteiger partial charge < -0.3 is 4.74 Å². The summed E-state index contributed by atoms with van der Waals surface area (Å²) in [5.74, 6) is -1.62. The summed E-state index contributed by atoms with van der Waals surface area (Å²) in [6, 6.07) is 0. The number of alkyl halides is 2. The zero-order chi connectivity index (χ0) is 12.3. The lowest BCUT2D eigenvalue weighted by atomic mass is 10.0. The van der Waals surface area contributed by atoms with Gasteiger partial charge in [0.1, 0.15) is 0 Å². The van der Waals surface area contributed by atoms with Crippen LogP contribution in [-0.2, 0) is 16.0 Å². The summed E-state index contributed by atoms with van der Waals surface area (Å²) in [6.45, 7) is 1.32. The summed E-state index contributed by atoms with van der Waals surface area (Å²) in [4.78, 5) is 14.2. The van der Waals surface area contributed by atoms with Crippen molar-refractivity contribution >= 4 is 5.97 Å². The molecule has 0 aliphatic heterocycles. The first kappa shape index (κ1) is 12.5. The Morgan fingerprint density at radius 1 is 1.56 bits per heavy atom. The minimum absolute atomic E-state index is 0.0351. The molecular weight excluding hydrogens is 223 g/mol. The molecule has 88 valence electrons. The number of aromatic nitrogens is 1. The molecule has 0 amide bonds. The Balaban J connectivity index is 3.16. The first-order valence-corrected chi connectivity index (χ1v) is 4.46. The third-order valence-corrected chi connectivity index (χ3v) is 2.24. The van der Waals surface area contributed by atoms with E-state index in [1.165, 1.54) is 6.92 Å². The number of halogens is 3. The first-order chi connectivity index (χ1) is 7.47. The Morgan fingerprint density at radius 3 is 2.69 bits per heavy atom. The quantitative estimate of drug-likeness (QED) is 0.593. The molecule has 0 radical (unpaired) electrons. The fourth-order valence-corrected chi connectivity index (χ4v) is 1.27. The van der Waals surface area contributed by atoms with Gasteiger partial charge in [-0.3, -0.25) is 4.79 Å². The van der Waals surface area contributed by atoms with Crippen molar-refractivity contribution in [3.05, 3.63) is 28.8 Å². The van der Waals surface area contributed by atoms with Gasteiger partial charge in [-0.2, -0.15) is 4.39 Å². The van der Waals surface area contributed by atoms with Crippen LogP contribution in [0, 0.1) is 12.9 Å². The van der Waals surface area contributed by atoms with Crippen molar-refractivity contribution in [2.45, 2.75) is 19.8 Å². The van der Waals surface area contributed by atoms with Crippen LogP contribution >= 0.6 is 0 Å². The van der Waals surface area contributed by atoms with Crippen LogP contribution in [0.3, 0.4) is 0 Å². The number of rotatable bonds is 3. The van der Waals surface area contributed by atoms with Crippen LogP contribution in [0.1, 0.15) is 23.1 Å². The number of carbonyl (C=O) groups excluding carboxylic acids is 1. The first-order valence-electron chi connectivity index (χ1n) is 4.46. The molecule has 0 bridgehead atoms. The van der Waals surface area contributed by atoms with Crippen molar-refractivity contribution in [2.24, 2.45) is 0 Å². The largest absolute Gasteiger partial charge is 0.469 e. The van der Waals surface area contributed by atoms with Crippen LogP contribution in [0.25, 0.3) is 0 Å². The predicted molar refractivity (Wildman–Crippen MR) is 49.6 cm³/mol. The van der Waals surface area contributed by atoms with Crippen molar-refractivity contribution in [1.29, 1.82) is 0 Å². The van der Waals surface area contributed by atoms with Crippen LogP contribution in [0.2, 0.25) is 0 Å². The molecule has 0 atom stereocenters. The van der Waals surface area contributed by atoms with E-state index in [1.807, 2.05) is 0 Å². The lowest BCUT2D eigenvalue weighted by molar-refractivity contribution is -0.139. The van der Waals surface area contributed by atoms with Crippen molar-refractivity contribution in [2.75, 3.05) is 7.11 Å². The topological polar surface area (TPSA) is 39.2 Å². The van der Waals surface area contributed by atoms with Crippen LogP contribution < -0.4 is 0 Å². The number of methoxy groups -OCH3 is 1. The molecule has 1 aromatic rings. The van der Waals surface area contributed by atoms with E-state index >= 15 is 0 Å². The molecule has 0 aliphatic carbocycles. The van der Waals surface area contributed by atoms with Crippen molar-refractivity contribution < 1.29 is 22.7 Å². The molecule has 0 spiro atoms. The average molecular weight is 233 g/mol. The SMILES string of the molecule is COC(=O)Cc1c(F)ncc(C(F)F)c1C. The van der Waals surface area contributed by atoms with Crippen molar-refractivity contribution in [3.63, 3.8) is 0 Å². The molecule has 0 saturated carbocycles. The standard InChI is InChI=1S/C10H10F3NO2/c1-5-6(3-8(15)16-2)10(13)14-4-7(5)9(11)12/h4,9H,3H2,1-2H3. The molecule has 0 aromatic carbocycles. The molecule has 1 heterocycles. The average Bonchev–Trinajstić information content (AvgIpc) is 2.23. The normalized spacial score (nSPS) is 10.6. The molecule has 1 rings (SSSR count). The summed E-state index contributed by atoms with van der Waals surface area (Å²) in [7, 11) is 1.14. The summed E-state index contributed by atoms with van der Waals surface area (Å²) < 4.78 is 42.5. The van der Waals surface area contributed by atoms with Gasteiger partial charge >= 0.3 is 5.97 Å². The van der Waals surface area contributed by atoms with E-state index in [4.69, 9.17) is 0 Å². The molecular formula is C10H10F3NO2. The van der Waals surface area contributed by atoms with E-state index in [9.17, 15) is 18.0 Å². The van der Waals surface area contributed by atoms with Crippen molar-refractivity contribution in [3.8, 4) is 0 Å². The minimum atomic E-state index is -2.75. The van der Waals surface area contributed by atoms with E-state index in [1.54, 1.807) is 0 Å². The van der Waals surface area contributed by atoms with E-state index in [0.717, 1.165) is 13.3 Å². The summed E-state index contributed by atoms with van der Waals surface area (Å²) in [5.41, 5.74) is -0.488. The smallest absolute Gasteiger partial charge is 0.310 e. The van der Waals surface area contributed by atoms with E-state index in [2.05, 4.69) is 9.72 Å². The van der Waals surface area contributed by atoms with Gasteiger partial charge in [-0.15, -0.1) is 0 Å². The number of hydrogen-bond acceptors (Lipinski definition) is 3. The van der Waals surface area contributed by atoms with Gasteiger partial charge in [-0.1, -0.05) is 0 Å². The highest BCUT2D eigenvalue weighted by Gasteiger charge is 2.19. The number of pyridine rings is 1. The monoisotopic (exact) mass is 233 g/mol. The summed E-state index contributed by atoms with van der Waals surface area (Å²) >= 11 is 0. The van der Waals surface area contributed by atoms with Crippen molar-refractivity contribution in [1.82, 2.24) is 4.98 Å². The van der Waals surface area contributed by atoms with Gasteiger partial charge in [0, 0.05) is 17.3 Å². The number of ether oxygens (including phenoxy) is 1. The van der Waals surface area contributed by atoms with Gasteiger partial charge in [0.25, 0.3) is 6.43 Å². The fourth-order valence-electron chi connectivity index (χ4n) is 1.27. The Labute approximate surface area is 90.2 Å². The lowest BCUT2D eigenvalue weighted by Gasteiger charge is -2.10. The molecule has 0 N–H and O–H groups in total. The molecule has 3 nitrogen and oxygen atoms in total. The molecule has 0 aliphatic rings. The van der Waals surface area contributed by atoms with E-state index in [-0.39, 0.29) is 16.7 Å². The van der Waals surface area contributed by atoms with E-state index < -0.39 is 24.8 Å². The van der Waals surface area contributed by atoms with E-state index in [0.29, 0.717) is 0 Å². The fraction of sp³-hybridized carbons (Fsp3) is 0.400. The second-order valence-corrected chi connectivity index (χ2v) is 3.16. The number of carbonyl (C=O) groups is 1. The second-order valence-electron chi connectivity index (χ2n) is 3.16. The highest BCUT2D eigenvalue weighted by molar-refractivity contribution is 5.73. The van der Waals surface area contributed by atoms with Gasteiger partial charge in [0.2, 0.25) is 5.95 Å². The Kier molecular flexibility index (Phi) is 3.87. The second kappa shape index (κ2) is 4.96. The number of esters is 1. The summed E-state index contributed by atoms with van der Waals surface area (Å²) in [5, 5.41) is 0. The van der Waals surface area contributed by atoms with Gasteiger partial charge in [0.05, 0.1) is 13.5 Å². The lowest BCUT2D eigenvalue weighted by Crippen LogP contribution is -2.10. The van der Waals surface area contributed by atoms with Gasteiger partial charge in [-0.05, 0) is 12.5 Å². The summed E-state index contributed by atoms with van der Waals surface area (Å²) in [6.07, 6.45) is -2.37. The molecule has 0 fully saturated rings. The highest BCUT2D eigenvalue weighted by Crippen LogP contribution is 2.25. The number of nitrogens with zero attached hydrogens (tertiary/aromatic N) is 1. The Hall–Kier alpha value is -1.59. The maximum atomic E-state index is 13.2. The van der Waals surface area contributed by atoms with Gasteiger partial charge in [0.15, 0.2) is 0 Å². The molecule has 1 aromatic heterocycles. The zero-order valence-corrected chi connectivity index (χ0v) is 8.76. The molecule has 6 heteroatoms. The maximum absolute atomic E-state index is 13.2. The van der Waals surface area contributed by atoms with Gasteiger partial charge in [-0.25, -0.2) is 13.8 Å². The van der Waals surface area contributed by atoms with Crippen LogP contribution in [-0.4, -0.2) is 18.1 Å². The Bertz CT molecular complexity index is 407. The third kappa shape index (κ3) is 2.50. The predicted octanol–water partition coefficient (Wildman–Crippen LogP) is 2.18. The van der Waals surface area contributed by atoms with Crippen LogP contribution in [0.4, 0.5) is 13.2 Å².